The third-order valence-corrected chi connectivity index (χ3v) is 6.20. The number of aryl methyl sites for hydroxylation is 1. The number of benzene rings is 1. The van der Waals surface area contributed by atoms with Crippen molar-refractivity contribution in [2.24, 2.45) is 0 Å². The number of rotatable bonds is 5. The van der Waals surface area contributed by atoms with Crippen LogP contribution >= 0.6 is 22.9 Å². The van der Waals surface area contributed by atoms with E-state index in [0.29, 0.717) is 26.5 Å². The van der Waals surface area contributed by atoms with Crippen LogP contribution in [-0.4, -0.2) is 28.0 Å². The van der Waals surface area contributed by atoms with E-state index < -0.39 is 11.9 Å². The topological polar surface area (TPSA) is 90.3 Å². The van der Waals surface area contributed by atoms with Crippen LogP contribution in [0.1, 0.15) is 34.1 Å². The standard InChI is InChI=1S/C20H18ClN3O4S/c1-2-28-20(27)17-12-4-3-5-15(12)29-18(17)23-16(25)9-24-10-22-14-7-6-11(21)8-13(14)19(24)26/h6-8,10H,2-5,9H2,1H3,(H,23,25). The zero-order valence-electron chi connectivity index (χ0n) is 15.7. The van der Waals surface area contributed by atoms with Crippen LogP contribution < -0.4 is 10.9 Å². The summed E-state index contributed by atoms with van der Waals surface area (Å²) in [6, 6.07) is 4.84. The average Bonchev–Trinajstić information content (AvgIpc) is 3.25. The van der Waals surface area contributed by atoms with Crippen LogP contribution in [0.15, 0.2) is 29.3 Å². The molecule has 7 nitrogen and oxygen atoms in total. The van der Waals surface area contributed by atoms with Crippen LogP contribution in [0.2, 0.25) is 5.02 Å². The van der Waals surface area contributed by atoms with Crippen molar-refractivity contribution in [3.8, 4) is 0 Å². The summed E-state index contributed by atoms with van der Waals surface area (Å²) >= 11 is 7.36. The zero-order valence-corrected chi connectivity index (χ0v) is 17.2. The first-order chi connectivity index (χ1) is 14.0. The highest BCUT2D eigenvalue weighted by Gasteiger charge is 2.28. The summed E-state index contributed by atoms with van der Waals surface area (Å²) in [5.74, 6) is -0.845. The average molecular weight is 432 g/mol. The first-order valence-electron chi connectivity index (χ1n) is 9.24. The molecule has 0 atom stereocenters. The molecule has 2 aromatic heterocycles. The third-order valence-electron chi connectivity index (χ3n) is 4.75. The van der Waals surface area contributed by atoms with Crippen molar-refractivity contribution in [1.82, 2.24) is 9.55 Å². The molecule has 0 spiro atoms. The van der Waals surface area contributed by atoms with Gasteiger partial charge in [0.1, 0.15) is 11.5 Å². The second-order valence-electron chi connectivity index (χ2n) is 6.67. The van der Waals surface area contributed by atoms with E-state index in [1.807, 2.05) is 0 Å². The van der Waals surface area contributed by atoms with Gasteiger partial charge >= 0.3 is 5.97 Å². The summed E-state index contributed by atoms with van der Waals surface area (Å²) in [4.78, 5) is 43.0. The number of aromatic nitrogens is 2. The van der Waals surface area contributed by atoms with E-state index in [0.717, 1.165) is 29.7 Å². The minimum atomic E-state index is -0.429. The second kappa shape index (κ2) is 7.96. The van der Waals surface area contributed by atoms with Gasteiger partial charge in [-0.3, -0.25) is 14.2 Å². The quantitative estimate of drug-likeness (QED) is 0.625. The van der Waals surface area contributed by atoms with Gasteiger partial charge in [-0.05, 0) is 49.9 Å². The molecule has 9 heteroatoms. The lowest BCUT2D eigenvalue weighted by Gasteiger charge is -2.09. The van der Waals surface area contributed by atoms with Gasteiger partial charge in [-0.1, -0.05) is 11.6 Å². The molecule has 4 rings (SSSR count). The molecule has 0 aliphatic heterocycles. The Hall–Kier alpha value is -2.71. The summed E-state index contributed by atoms with van der Waals surface area (Å²) in [5.41, 5.74) is 1.55. The SMILES string of the molecule is CCOC(=O)c1c(NC(=O)Cn2cnc3ccc(Cl)cc3c2=O)sc2c1CCC2. The monoisotopic (exact) mass is 431 g/mol. The number of esters is 1. The predicted molar refractivity (Wildman–Crippen MR) is 112 cm³/mol. The molecule has 1 aliphatic rings. The smallest absolute Gasteiger partial charge is 0.341 e. The maximum atomic E-state index is 12.7. The summed E-state index contributed by atoms with van der Waals surface area (Å²) in [6.07, 6.45) is 4.00. The van der Waals surface area contributed by atoms with Gasteiger partial charge in [-0.15, -0.1) is 11.3 Å². The number of ether oxygens (including phenoxy) is 1. The molecule has 1 N–H and O–H groups in total. The van der Waals surface area contributed by atoms with E-state index in [1.54, 1.807) is 19.1 Å². The van der Waals surface area contributed by atoms with E-state index in [-0.39, 0.29) is 18.7 Å². The number of carbonyl (C=O) groups excluding carboxylic acids is 2. The van der Waals surface area contributed by atoms with Crippen LogP contribution in [0, 0.1) is 0 Å². The highest BCUT2D eigenvalue weighted by molar-refractivity contribution is 7.17. The lowest BCUT2D eigenvalue weighted by atomic mass is 10.1. The van der Waals surface area contributed by atoms with Crippen molar-refractivity contribution < 1.29 is 14.3 Å². The number of carbonyl (C=O) groups is 2. The predicted octanol–water partition coefficient (Wildman–Crippen LogP) is 3.42. The highest BCUT2D eigenvalue weighted by atomic mass is 35.5. The molecule has 0 saturated heterocycles. The molecule has 3 aromatic rings. The van der Waals surface area contributed by atoms with Crippen molar-refractivity contribution >= 4 is 50.7 Å². The molecule has 1 aromatic carbocycles. The molecular formula is C20H18ClN3O4S. The maximum Gasteiger partial charge on any atom is 0.341 e. The van der Waals surface area contributed by atoms with Crippen molar-refractivity contribution in [3.05, 3.63) is 55.9 Å². The van der Waals surface area contributed by atoms with Crippen LogP contribution in [0.25, 0.3) is 10.9 Å². The third kappa shape index (κ3) is 3.77. The minimum Gasteiger partial charge on any atom is -0.462 e. The van der Waals surface area contributed by atoms with E-state index in [1.165, 1.54) is 28.3 Å². The van der Waals surface area contributed by atoms with Crippen LogP contribution in [0.4, 0.5) is 5.00 Å². The first kappa shape index (κ1) is 19.6. The van der Waals surface area contributed by atoms with Crippen LogP contribution in [-0.2, 0) is 28.9 Å². The summed E-state index contributed by atoms with van der Waals surface area (Å²) < 4.78 is 6.39. The van der Waals surface area contributed by atoms with Gasteiger partial charge in [0.25, 0.3) is 5.56 Å². The van der Waals surface area contributed by atoms with Gasteiger partial charge < -0.3 is 10.1 Å². The Morgan fingerprint density at radius 1 is 1.34 bits per heavy atom. The van der Waals surface area contributed by atoms with E-state index in [2.05, 4.69) is 10.3 Å². The molecule has 0 radical (unpaired) electrons. The molecule has 0 unspecified atom stereocenters. The zero-order chi connectivity index (χ0) is 20.5. The number of nitrogens with zero attached hydrogens (tertiary/aromatic N) is 2. The van der Waals surface area contributed by atoms with Crippen molar-refractivity contribution in [2.75, 3.05) is 11.9 Å². The number of hydrogen-bond acceptors (Lipinski definition) is 6. The number of thiophene rings is 1. The van der Waals surface area contributed by atoms with E-state index in [9.17, 15) is 14.4 Å². The van der Waals surface area contributed by atoms with E-state index in [4.69, 9.17) is 16.3 Å². The Balaban J connectivity index is 1.60. The van der Waals surface area contributed by atoms with Gasteiger partial charge in [0.2, 0.25) is 5.91 Å². The van der Waals surface area contributed by atoms with Gasteiger partial charge in [0.15, 0.2) is 0 Å². The Labute approximate surface area is 175 Å². The molecule has 2 heterocycles. The largest absolute Gasteiger partial charge is 0.462 e. The fraction of sp³-hybridized carbons (Fsp3) is 0.300. The molecular weight excluding hydrogens is 414 g/mol. The molecule has 0 fully saturated rings. The van der Waals surface area contributed by atoms with Gasteiger partial charge in [-0.2, -0.15) is 0 Å². The van der Waals surface area contributed by atoms with Gasteiger partial charge in [-0.25, -0.2) is 9.78 Å². The number of fused-ring (bicyclic) bond motifs is 2. The maximum absolute atomic E-state index is 12.7. The Bertz CT molecular complexity index is 1180. The lowest BCUT2D eigenvalue weighted by molar-refractivity contribution is -0.116. The Morgan fingerprint density at radius 3 is 2.97 bits per heavy atom. The Kier molecular flexibility index (Phi) is 5.38. The van der Waals surface area contributed by atoms with Crippen LogP contribution in [0.5, 0.6) is 0 Å². The van der Waals surface area contributed by atoms with Gasteiger partial charge in [0.05, 0.1) is 29.4 Å². The van der Waals surface area contributed by atoms with Crippen molar-refractivity contribution in [2.45, 2.75) is 32.7 Å². The van der Waals surface area contributed by atoms with Gasteiger partial charge in [0, 0.05) is 9.90 Å². The molecule has 1 amide bonds. The number of anilines is 1. The summed E-state index contributed by atoms with van der Waals surface area (Å²) in [6.45, 7) is 1.78. The summed E-state index contributed by atoms with van der Waals surface area (Å²) in [7, 11) is 0. The van der Waals surface area contributed by atoms with Crippen molar-refractivity contribution in [1.29, 1.82) is 0 Å². The molecule has 0 saturated carbocycles. The fourth-order valence-corrected chi connectivity index (χ4v) is 4.94. The second-order valence-corrected chi connectivity index (χ2v) is 8.21. The lowest BCUT2D eigenvalue weighted by Crippen LogP contribution is -2.28. The van der Waals surface area contributed by atoms with Crippen molar-refractivity contribution in [3.63, 3.8) is 0 Å². The first-order valence-corrected chi connectivity index (χ1v) is 10.4. The fourth-order valence-electron chi connectivity index (χ4n) is 3.48. The number of halogens is 1. The van der Waals surface area contributed by atoms with Crippen LogP contribution in [0.3, 0.4) is 0 Å². The number of amides is 1. The minimum absolute atomic E-state index is 0.223. The Morgan fingerprint density at radius 2 is 2.17 bits per heavy atom. The molecule has 0 bridgehead atoms. The van der Waals surface area contributed by atoms with E-state index >= 15 is 0 Å². The molecule has 150 valence electrons. The highest BCUT2D eigenvalue weighted by Crippen LogP contribution is 2.39. The normalized spacial score (nSPS) is 12.8. The molecule has 29 heavy (non-hydrogen) atoms. The number of hydrogen-bond donors (Lipinski definition) is 1. The number of nitrogens with one attached hydrogen (secondary N) is 1. The summed E-state index contributed by atoms with van der Waals surface area (Å²) in [5, 5.41) is 4.02. The molecule has 1 aliphatic carbocycles.